The Bertz CT molecular complexity index is 7110. The quantitative estimate of drug-likeness (QED) is 0.115. The summed E-state index contributed by atoms with van der Waals surface area (Å²) in [5.74, 6) is 5.19. The van der Waals surface area contributed by atoms with Crippen molar-refractivity contribution < 1.29 is 8.83 Å². The van der Waals surface area contributed by atoms with Crippen LogP contribution in [-0.2, 0) is 0 Å². The van der Waals surface area contributed by atoms with Crippen LogP contribution in [0.4, 0.5) is 0 Å². The highest BCUT2D eigenvalue weighted by atomic mass is 16.3. The molecule has 0 aliphatic rings. The minimum Gasteiger partial charge on any atom is -0.456 e. The van der Waals surface area contributed by atoms with Gasteiger partial charge in [-0.3, -0.25) is 0 Å². The second-order valence-electron chi connectivity index (χ2n) is 27.6. The third-order valence-electron chi connectivity index (χ3n) is 20.7. The molecule has 0 amide bonds. The van der Waals surface area contributed by atoms with E-state index in [0.717, 1.165) is 155 Å². The maximum atomic E-state index is 6.71. The van der Waals surface area contributed by atoms with E-state index < -0.39 is 0 Å². The minimum absolute atomic E-state index is 0.516. The maximum absolute atomic E-state index is 6.71. The van der Waals surface area contributed by atoms with Crippen molar-refractivity contribution in [2.24, 2.45) is 0 Å². The summed E-state index contributed by atoms with van der Waals surface area (Å²) in [6, 6.07) is 126. The van der Waals surface area contributed by atoms with Gasteiger partial charge in [-0.15, -0.1) is 0 Å². The Kier molecular flexibility index (Phi) is 15.9. The number of benzene rings is 15. The lowest BCUT2D eigenvalue weighted by Gasteiger charge is -2.15. The van der Waals surface area contributed by atoms with Crippen LogP contribution in [0, 0.1) is 0 Å². The average molecular weight is 1440 g/mol. The summed E-state index contributed by atoms with van der Waals surface area (Å²) in [6.45, 7) is 0. The molecule has 0 aliphatic heterocycles. The van der Waals surface area contributed by atoms with Crippen LogP contribution in [0.2, 0.25) is 0 Å². The molecule has 0 radical (unpaired) electrons. The van der Waals surface area contributed by atoms with E-state index in [4.69, 9.17) is 53.7 Å². The fourth-order valence-corrected chi connectivity index (χ4v) is 15.6. The van der Waals surface area contributed by atoms with Crippen LogP contribution >= 0.6 is 0 Å². The number of para-hydroxylation sites is 2. The number of hydrogen-bond acceptors (Lipinski definition) is 11. The van der Waals surface area contributed by atoms with Crippen molar-refractivity contribution in [1.82, 2.24) is 54.0 Å². The van der Waals surface area contributed by atoms with Crippen LogP contribution in [0.15, 0.2) is 379 Å². The molecular weight excluding hydrogens is 1380 g/mol. The van der Waals surface area contributed by atoms with E-state index >= 15 is 0 Å². The van der Waals surface area contributed by atoms with E-state index in [1.807, 2.05) is 182 Å². The molecule has 0 saturated carbocycles. The van der Waals surface area contributed by atoms with E-state index in [1.165, 1.54) is 5.39 Å². The van der Waals surface area contributed by atoms with Gasteiger partial charge in [-0.2, -0.15) is 0 Å². The molecule has 0 N–H and O–H groups in total. The Morgan fingerprint density at radius 1 is 0.161 bits per heavy atom. The highest BCUT2D eigenvalue weighted by molar-refractivity contribution is 6.28. The monoisotopic (exact) mass is 1440 g/mol. The van der Waals surface area contributed by atoms with Crippen molar-refractivity contribution in [2.45, 2.75) is 0 Å². The van der Waals surface area contributed by atoms with Gasteiger partial charge in [0.25, 0.3) is 0 Å². The van der Waals surface area contributed by atoms with Crippen LogP contribution in [0.25, 0.3) is 212 Å². The van der Waals surface area contributed by atoms with Gasteiger partial charge >= 0.3 is 0 Å². The fourth-order valence-electron chi connectivity index (χ4n) is 15.6. The highest BCUT2D eigenvalue weighted by Gasteiger charge is 2.25. The third-order valence-corrected chi connectivity index (χ3v) is 20.7. The molecule has 13 nitrogen and oxygen atoms in total. The molecule has 0 saturated heterocycles. The molecule has 15 aromatic carbocycles. The molecule has 524 valence electrons. The Morgan fingerprint density at radius 2 is 0.411 bits per heavy atom. The normalized spacial score (nSPS) is 11.6. The van der Waals surface area contributed by atoms with Crippen molar-refractivity contribution in [2.75, 3.05) is 0 Å². The molecular formula is C99H61N11O2. The lowest BCUT2D eigenvalue weighted by Crippen LogP contribution is -2.03. The summed E-state index contributed by atoms with van der Waals surface area (Å²) in [6.07, 6.45) is 0. The van der Waals surface area contributed by atoms with Crippen LogP contribution in [-0.4, -0.2) is 54.0 Å². The summed E-state index contributed by atoms with van der Waals surface area (Å²) in [5.41, 5.74) is 19.6. The maximum Gasteiger partial charge on any atom is 0.164 e. The van der Waals surface area contributed by atoms with Crippen molar-refractivity contribution >= 4 is 87.5 Å². The van der Waals surface area contributed by atoms with Gasteiger partial charge in [-0.05, 0) is 107 Å². The van der Waals surface area contributed by atoms with Crippen LogP contribution in [0.3, 0.4) is 0 Å². The topological polar surface area (TPSA) is 152 Å². The van der Waals surface area contributed by atoms with E-state index in [-0.39, 0.29) is 0 Å². The molecule has 0 atom stereocenters. The Balaban J connectivity index is 0.000000145. The number of hydrogen-bond donors (Lipinski definition) is 0. The second kappa shape index (κ2) is 27.4. The second-order valence-corrected chi connectivity index (χ2v) is 27.6. The molecule has 0 unspecified atom stereocenters. The molecule has 0 fully saturated rings. The fraction of sp³-hybridized carbons (Fsp3) is 0. The predicted octanol–water partition coefficient (Wildman–Crippen LogP) is 24.6. The van der Waals surface area contributed by atoms with Crippen molar-refractivity contribution in [1.29, 1.82) is 0 Å². The molecule has 0 spiro atoms. The lowest BCUT2D eigenvalue weighted by molar-refractivity contribution is 0.663. The summed E-state index contributed by atoms with van der Waals surface area (Å²) < 4.78 is 17.9. The van der Waals surface area contributed by atoms with Crippen molar-refractivity contribution in [3.05, 3.63) is 370 Å². The number of nitrogens with zero attached hydrogens (tertiary/aromatic N) is 11. The van der Waals surface area contributed by atoms with Gasteiger partial charge in [-0.1, -0.05) is 285 Å². The average Bonchev–Trinajstić information content (AvgIpc) is 1.55. The van der Waals surface area contributed by atoms with Crippen LogP contribution in [0.1, 0.15) is 0 Å². The molecule has 7 heterocycles. The van der Waals surface area contributed by atoms with Gasteiger partial charge in [0, 0.05) is 83.0 Å². The smallest absolute Gasteiger partial charge is 0.164 e. The Hall–Kier alpha value is -15.5. The Labute approximate surface area is 641 Å². The first-order valence-electron chi connectivity index (χ1n) is 37.2. The summed E-state index contributed by atoms with van der Waals surface area (Å²) in [4.78, 5) is 45.9. The summed E-state index contributed by atoms with van der Waals surface area (Å²) in [7, 11) is 0. The zero-order valence-corrected chi connectivity index (χ0v) is 60.0. The highest BCUT2D eigenvalue weighted by Crippen LogP contribution is 2.45. The van der Waals surface area contributed by atoms with Crippen molar-refractivity contribution in [3.8, 4) is 125 Å². The zero-order valence-electron chi connectivity index (χ0n) is 60.0. The third kappa shape index (κ3) is 11.6. The van der Waals surface area contributed by atoms with Gasteiger partial charge in [0.2, 0.25) is 0 Å². The van der Waals surface area contributed by atoms with Crippen LogP contribution in [0.5, 0.6) is 0 Å². The number of fused-ring (bicyclic) bond motifs is 4. The Morgan fingerprint density at radius 3 is 0.812 bits per heavy atom. The molecule has 13 heteroatoms. The largest absolute Gasteiger partial charge is 0.456 e. The standard InChI is InChI=1S/C54H33N7O.C45H28N4O/c1-5-17-34(18-6-1)49-55-50(35-19-7-2-8-20-35)58-53(57-49)38-31-39(54-59-51(36-21-9-3-10-22-36)56-52(60-54)37-23-11-4-12-24-37)33-40(32-38)61-43-27-15-26-42-41-25-13-14-29-45(41)62-46-30-16-28-44(61)48(46)47(42)43;1-3-13-29(14-4-1)31-17-9-18-32(27-31)44-46-43(30-15-5-2-6-16-30)47-45(48-44)33-19-10-20-34(28-33)49-37-23-11-22-36-35-21-7-8-25-39(35)50-40-26-12-24-38(49)42(40)41(36)37/h1-33H;1-28H. The van der Waals surface area contributed by atoms with Crippen LogP contribution < -0.4 is 0 Å². The molecule has 0 bridgehead atoms. The van der Waals surface area contributed by atoms with Gasteiger partial charge < -0.3 is 18.0 Å². The van der Waals surface area contributed by atoms with E-state index in [9.17, 15) is 0 Å². The van der Waals surface area contributed by atoms with Crippen molar-refractivity contribution in [3.63, 3.8) is 0 Å². The molecule has 0 aliphatic carbocycles. The lowest BCUT2D eigenvalue weighted by atomic mass is 10.0. The molecule has 7 aromatic heterocycles. The molecule has 22 aromatic rings. The number of rotatable bonds is 12. The molecule has 112 heavy (non-hydrogen) atoms. The first kappa shape index (κ1) is 64.9. The van der Waals surface area contributed by atoms with Gasteiger partial charge in [0.1, 0.15) is 22.3 Å². The van der Waals surface area contributed by atoms with E-state index in [1.54, 1.807) is 0 Å². The number of aromatic nitrogens is 11. The SMILES string of the molecule is c1ccc(-c2cccc(-c3nc(-c4ccccc4)nc(-c4cccc(-n5c6cccc7oc8ccccc8c8cccc5c8c76)c4)n3)c2)cc1.c1ccc(-c2nc(-c3ccccc3)nc(-c3cc(-c4nc(-c5ccccc5)nc(-c5ccccc5)n4)cc(-n4c5cccc6oc7ccccc7c7cccc4c7c65)c3)n2)cc1. The zero-order chi connectivity index (χ0) is 74.0. The van der Waals surface area contributed by atoms with E-state index in [2.05, 4.69) is 197 Å². The van der Waals surface area contributed by atoms with Gasteiger partial charge in [0.15, 0.2) is 52.4 Å². The van der Waals surface area contributed by atoms with Gasteiger partial charge in [-0.25, -0.2) is 44.9 Å². The van der Waals surface area contributed by atoms with E-state index in [0.29, 0.717) is 52.4 Å². The summed E-state index contributed by atoms with van der Waals surface area (Å²) in [5, 5.41) is 8.84. The minimum atomic E-state index is 0.516. The molecule has 22 rings (SSSR count). The summed E-state index contributed by atoms with van der Waals surface area (Å²) >= 11 is 0. The predicted molar refractivity (Wildman–Crippen MR) is 451 cm³/mol. The first-order chi connectivity index (χ1) is 55.5. The van der Waals surface area contributed by atoms with Gasteiger partial charge in [0.05, 0.1) is 32.8 Å². The first-order valence-corrected chi connectivity index (χ1v) is 37.2.